The first-order valence-corrected chi connectivity index (χ1v) is 6.94. The van der Waals surface area contributed by atoms with Crippen LogP contribution in [0.1, 0.15) is 37.8 Å². The summed E-state index contributed by atoms with van der Waals surface area (Å²) in [4.78, 5) is 0. The summed E-state index contributed by atoms with van der Waals surface area (Å²) in [6.07, 6.45) is 3.86. The zero-order chi connectivity index (χ0) is 13.2. The van der Waals surface area contributed by atoms with Crippen LogP contribution in [0.2, 0.25) is 0 Å². The fourth-order valence-electron chi connectivity index (χ4n) is 2.94. The molecule has 104 valence electrons. The Morgan fingerprint density at radius 2 is 2.11 bits per heavy atom. The summed E-state index contributed by atoms with van der Waals surface area (Å²) in [5.41, 5.74) is 1.24. The lowest BCUT2D eigenvalue weighted by Gasteiger charge is -2.20. The molecular formula is C15H21NO3. The maximum atomic E-state index is 5.42. The van der Waals surface area contributed by atoms with Crippen LogP contribution in [-0.4, -0.2) is 26.0 Å². The molecule has 0 spiro atoms. The molecular weight excluding hydrogens is 242 g/mol. The number of rotatable bonds is 4. The molecule has 0 amide bonds. The van der Waals surface area contributed by atoms with Gasteiger partial charge in [-0.15, -0.1) is 0 Å². The molecule has 4 heteroatoms. The quantitative estimate of drug-likeness (QED) is 0.906. The standard InChI is InChI=1S/C15H21NO3/c1-10(16-12-4-5-13(8-12)17-2)11-3-6-14-15(7-11)19-9-18-14/h3,6-7,10,12-13,16H,4-5,8-9H2,1-2H3. The van der Waals surface area contributed by atoms with Gasteiger partial charge in [0.2, 0.25) is 6.79 Å². The van der Waals surface area contributed by atoms with Crippen molar-refractivity contribution in [3.63, 3.8) is 0 Å². The first-order chi connectivity index (χ1) is 9.26. The van der Waals surface area contributed by atoms with E-state index in [0.717, 1.165) is 24.3 Å². The summed E-state index contributed by atoms with van der Waals surface area (Å²) in [6, 6.07) is 7.03. The topological polar surface area (TPSA) is 39.7 Å². The minimum atomic E-state index is 0.315. The molecule has 1 aliphatic carbocycles. The zero-order valence-corrected chi connectivity index (χ0v) is 11.5. The Balaban J connectivity index is 1.62. The molecule has 1 saturated carbocycles. The summed E-state index contributed by atoms with van der Waals surface area (Å²) >= 11 is 0. The van der Waals surface area contributed by atoms with Crippen molar-refractivity contribution in [1.29, 1.82) is 0 Å². The Hall–Kier alpha value is -1.26. The molecule has 0 aromatic heterocycles. The largest absolute Gasteiger partial charge is 0.454 e. The lowest BCUT2D eigenvalue weighted by molar-refractivity contribution is 0.106. The number of hydrogen-bond acceptors (Lipinski definition) is 4. The normalized spacial score (nSPS) is 26.6. The predicted molar refractivity (Wildman–Crippen MR) is 72.6 cm³/mol. The monoisotopic (exact) mass is 263 g/mol. The van der Waals surface area contributed by atoms with Crippen molar-refractivity contribution in [3.8, 4) is 11.5 Å². The number of ether oxygens (including phenoxy) is 3. The van der Waals surface area contributed by atoms with E-state index in [-0.39, 0.29) is 0 Å². The van der Waals surface area contributed by atoms with Gasteiger partial charge in [0.25, 0.3) is 0 Å². The highest BCUT2D eigenvalue weighted by atomic mass is 16.7. The fourth-order valence-corrected chi connectivity index (χ4v) is 2.94. The molecule has 0 bridgehead atoms. The van der Waals surface area contributed by atoms with Crippen molar-refractivity contribution in [1.82, 2.24) is 5.32 Å². The van der Waals surface area contributed by atoms with E-state index in [4.69, 9.17) is 14.2 Å². The second kappa shape index (κ2) is 5.39. The summed E-state index contributed by atoms with van der Waals surface area (Å²) in [5.74, 6) is 1.70. The van der Waals surface area contributed by atoms with Crippen molar-refractivity contribution in [2.75, 3.05) is 13.9 Å². The average molecular weight is 263 g/mol. The van der Waals surface area contributed by atoms with E-state index in [0.29, 0.717) is 25.0 Å². The number of hydrogen-bond donors (Lipinski definition) is 1. The van der Waals surface area contributed by atoms with Crippen molar-refractivity contribution in [2.45, 2.75) is 44.4 Å². The van der Waals surface area contributed by atoms with Crippen LogP contribution in [-0.2, 0) is 4.74 Å². The Bertz CT molecular complexity index is 449. The smallest absolute Gasteiger partial charge is 0.231 e. The number of nitrogens with one attached hydrogen (secondary N) is 1. The summed E-state index contributed by atoms with van der Waals surface area (Å²) in [7, 11) is 1.80. The minimum Gasteiger partial charge on any atom is -0.454 e. The minimum absolute atomic E-state index is 0.315. The SMILES string of the molecule is COC1CCC(NC(C)c2ccc3c(c2)OCO3)C1. The Labute approximate surface area is 114 Å². The van der Waals surface area contributed by atoms with Gasteiger partial charge >= 0.3 is 0 Å². The van der Waals surface area contributed by atoms with Crippen molar-refractivity contribution in [2.24, 2.45) is 0 Å². The van der Waals surface area contributed by atoms with Gasteiger partial charge in [0.15, 0.2) is 11.5 Å². The molecule has 1 heterocycles. The molecule has 2 aliphatic rings. The third kappa shape index (κ3) is 2.69. The molecule has 4 nitrogen and oxygen atoms in total. The molecule has 1 aromatic carbocycles. The van der Waals surface area contributed by atoms with Gasteiger partial charge in [-0.25, -0.2) is 0 Å². The Morgan fingerprint density at radius 1 is 1.26 bits per heavy atom. The first-order valence-electron chi connectivity index (χ1n) is 6.94. The maximum Gasteiger partial charge on any atom is 0.231 e. The van der Waals surface area contributed by atoms with Gasteiger partial charge < -0.3 is 19.5 Å². The van der Waals surface area contributed by atoms with Gasteiger partial charge in [-0.3, -0.25) is 0 Å². The molecule has 1 N–H and O–H groups in total. The van der Waals surface area contributed by atoms with E-state index in [1.54, 1.807) is 7.11 Å². The predicted octanol–water partition coefficient (Wildman–Crippen LogP) is 2.63. The lowest BCUT2D eigenvalue weighted by atomic mass is 10.1. The number of benzene rings is 1. The number of fused-ring (bicyclic) bond motifs is 1. The van der Waals surface area contributed by atoms with Gasteiger partial charge in [0.1, 0.15) is 0 Å². The number of methoxy groups -OCH3 is 1. The van der Waals surface area contributed by atoms with E-state index in [1.807, 2.05) is 6.07 Å². The van der Waals surface area contributed by atoms with Crippen LogP contribution in [0.25, 0.3) is 0 Å². The van der Waals surface area contributed by atoms with Crippen molar-refractivity contribution < 1.29 is 14.2 Å². The fraction of sp³-hybridized carbons (Fsp3) is 0.600. The highest BCUT2D eigenvalue weighted by molar-refractivity contribution is 5.45. The molecule has 3 rings (SSSR count). The second-order valence-electron chi connectivity index (χ2n) is 5.37. The van der Waals surface area contributed by atoms with Gasteiger partial charge in [0.05, 0.1) is 6.10 Å². The van der Waals surface area contributed by atoms with Crippen LogP contribution in [0.5, 0.6) is 11.5 Å². The van der Waals surface area contributed by atoms with Gasteiger partial charge in [0, 0.05) is 19.2 Å². The lowest BCUT2D eigenvalue weighted by Crippen LogP contribution is -2.29. The van der Waals surface area contributed by atoms with E-state index >= 15 is 0 Å². The van der Waals surface area contributed by atoms with Crippen LogP contribution < -0.4 is 14.8 Å². The van der Waals surface area contributed by atoms with Crippen LogP contribution >= 0.6 is 0 Å². The third-order valence-corrected chi connectivity index (χ3v) is 4.10. The first kappa shape index (κ1) is 12.8. The summed E-state index contributed by atoms with van der Waals surface area (Å²) in [5, 5.41) is 3.67. The van der Waals surface area contributed by atoms with Crippen LogP contribution in [0, 0.1) is 0 Å². The molecule has 0 radical (unpaired) electrons. The van der Waals surface area contributed by atoms with Crippen molar-refractivity contribution in [3.05, 3.63) is 23.8 Å². The average Bonchev–Trinajstić information content (AvgIpc) is 3.05. The van der Waals surface area contributed by atoms with Gasteiger partial charge in [-0.2, -0.15) is 0 Å². The molecule has 1 aliphatic heterocycles. The second-order valence-corrected chi connectivity index (χ2v) is 5.37. The van der Waals surface area contributed by atoms with E-state index < -0.39 is 0 Å². The van der Waals surface area contributed by atoms with Crippen LogP contribution in [0.15, 0.2) is 18.2 Å². The van der Waals surface area contributed by atoms with E-state index in [1.165, 1.54) is 12.0 Å². The highest BCUT2D eigenvalue weighted by Gasteiger charge is 2.26. The summed E-state index contributed by atoms with van der Waals surface area (Å²) in [6.45, 7) is 2.52. The van der Waals surface area contributed by atoms with Gasteiger partial charge in [-0.1, -0.05) is 6.07 Å². The molecule has 1 aromatic rings. The van der Waals surface area contributed by atoms with E-state index in [2.05, 4.69) is 24.4 Å². The van der Waals surface area contributed by atoms with Gasteiger partial charge in [-0.05, 0) is 43.9 Å². The molecule has 3 unspecified atom stereocenters. The molecule has 0 saturated heterocycles. The maximum absolute atomic E-state index is 5.42. The summed E-state index contributed by atoms with van der Waals surface area (Å²) < 4.78 is 16.2. The Kier molecular flexibility index (Phi) is 3.62. The Morgan fingerprint density at radius 3 is 2.89 bits per heavy atom. The highest BCUT2D eigenvalue weighted by Crippen LogP contribution is 2.34. The third-order valence-electron chi connectivity index (χ3n) is 4.10. The van der Waals surface area contributed by atoms with E-state index in [9.17, 15) is 0 Å². The molecule has 1 fully saturated rings. The zero-order valence-electron chi connectivity index (χ0n) is 11.5. The van der Waals surface area contributed by atoms with Crippen LogP contribution in [0.3, 0.4) is 0 Å². The molecule has 3 atom stereocenters. The van der Waals surface area contributed by atoms with Crippen molar-refractivity contribution >= 4 is 0 Å². The van der Waals surface area contributed by atoms with Crippen LogP contribution in [0.4, 0.5) is 0 Å². The molecule has 19 heavy (non-hydrogen) atoms.